The summed E-state index contributed by atoms with van der Waals surface area (Å²) in [6, 6.07) is 7.24. The van der Waals surface area contributed by atoms with Crippen molar-refractivity contribution in [2.45, 2.75) is 32.7 Å². The number of hydrogen-bond donors (Lipinski definition) is 1. The number of aromatic nitrogens is 2. The number of anilines is 1. The first-order valence-corrected chi connectivity index (χ1v) is 9.11. The quantitative estimate of drug-likeness (QED) is 0.880. The highest BCUT2D eigenvalue weighted by atomic mass is 16.5. The summed E-state index contributed by atoms with van der Waals surface area (Å²) in [7, 11) is 3.18. The third-order valence-corrected chi connectivity index (χ3v) is 5.36. The highest BCUT2D eigenvalue weighted by Crippen LogP contribution is 2.48. The maximum absolute atomic E-state index is 13.2. The standard InChI is InChI=1S/C21H22N4O3/c1-21(2)8-15-18(16(26)9-21)19(25-20(24-15)12(10-22)11-23-25)14-6-5-13(27-3)7-17(14)28-4/h5-7,11,19,24H,8-9H2,1-4H3/t19-/m0/s1. The van der Waals surface area contributed by atoms with Crippen LogP contribution in [0.2, 0.25) is 0 Å². The van der Waals surface area contributed by atoms with E-state index in [0.717, 1.165) is 17.7 Å². The van der Waals surface area contributed by atoms with Gasteiger partial charge in [0.05, 0.1) is 20.4 Å². The maximum atomic E-state index is 13.2. The van der Waals surface area contributed by atoms with Crippen LogP contribution in [0.25, 0.3) is 0 Å². The molecular formula is C21H22N4O3. The van der Waals surface area contributed by atoms with Crippen LogP contribution in [0.4, 0.5) is 5.82 Å². The Bertz CT molecular complexity index is 1040. The molecule has 0 spiro atoms. The van der Waals surface area contributed by atoms with Crippen molar-refractivity contribution in [1.29, 1.82) is 5.26 Å². The number of ether oxygens (including phenoxy) is 2. The number of Topliss-reactive ketones (excluding diaryl/α,β-unsaturated/α-hetero) is 1. The van der Waals surface area contributed by atoms with Crippen LogP contribution in [0.5, 0.6) is 11.5 Å². The molecule has 7 nitrogen and oxygen atoms in total. The van der Waals surface area contributed by atoms with E-state index in [1.165, 1.54) is 6.20 Å². The van der Waals surface area contributed by atoms with E-state index in [0.29, 0.717) is 34.9 Å². The van der Waals surface area contributed by atoms with Crippen LogP contribution in [0.3, 0.4) is 0 Å². The fraction of sp³-hybridized carbons (Fsp3) is 0.381. The molecule has 0 unspecified atom stereocenters. The number of hydrogen-bond acceptors (Lipinski definition) is 6. The first-order chi connectivity index (χ1) is 13.4. The summed E-state index contributed by atoms with van der Waals surface area (Å²) in [5.74, 6) is 1.96. The molecule has 1 aromatic heterocycles. The summed E-state index contributed by atoms with van der Waals surface area (Å²) in [6.45, 7) is 4.16. The molecule has 1 aromatic carbocycles. The summed E-state index contributed by atoms with van der Waals surface area (Å²) in [6.07, 6.45) is 2.71. The summed E-state index contributed by atoms with van der Waals surface area (Å²) < 4.78 is 12.6. The molecule has 2 aliphatic rings. The Morgan fingerprint density at radius 2 is 2.07 bits per heavy atom. The highest BCUT2D eigenvalue weighted by Gasteiger charge is 2.42. The second-order valence-electron chi connectivity index (χ2n) is 7.93. The third-order valence-electron chi connectivity index (χ3n) is 5.36. The van der Waals surface area contributed by atoms with Gasteiger partial charge in [-0.3, -0.25) is 4.79 Å². The van der Waals surface area contributed by atoms with Crippen LogP contribution in [-0.2, 0) is 4.79 Å². The minimum Gasteiger partial charge on any atom is -0.497 e. The number of rotatable bonds is 3. The number of allylic oxidation sites excluding steroid dienone is 2. The number of nitrogens with one attached hydrogen (secondary N) is 1. The van der Waals surface area contributed by atoms with Crippen molar-refractivity contribution in [3.8, 4) is 17.6 Å². The van der Waals surface area contributed by atoms with Gasteiger partial charge in [0, 0.05) is 29.3 Å². The molecule has 1 N–H and O–H groups in total. The Labute approximate surface area is 163 Å². The zero-order valence-corrected chi connectivity index (χ0v) is 16.4. The van der Waals surface area contributed by atoms with E-state index in [4.69, 9.17) is 9.47 Å². The third kappa shape index (κ3) is 2.73. The molecule has 0 bridgehead atoms. The molecule has 0 fully saturated rings. The number of benzene rings is 1. The van der Waals surface area contributed by atoms with Gasteiger partial charge in [-0.15, -0.1) is 0 Å². The molecule has 0 amide bonds. The van der Waals surface area contributed by atoms with E-state index in [9.17, 15) is 10.1 Å². The molecule has 28 heavy (non-hydrogen) atoms. The van der Waals surface area contributed by atoms with Gasteiger partial charge in [0.1, 0.15) is 35.0 Å². The highest BCUT2D eigenvalue weighted by molar-refractivity contribution is 6.00. The van der Waals surface area contributed by atoms with Gasteiger partial charge >= 0.3 is 0 Å². The van der Waals surface area contributed by atoms with E-state index in [1.807, 2.05) is 12.1 Å². The number of nitrogens with zero attached hydrogens (tertiary/aromatic N) is 3. The lowest BCUT2D eigenvalue weighted by Gasteiger charge is -2.39. The van der Waals surface area contributed by atoms with E-state index >= 15 is 0 Å². The Balaban J connectivity index is 1.96. The normalized spacial score (nSPS) is 20.0. The average Bonchev–Trinajstić information content (AvgIpc) is 3.07. The van der Waals surface area contributed by atoms with Crippen molar-refractivity contribution in [2.75, 3.05) is 19.5 Å². The van der Waals surface area contributed by atoms with E-state index in [1.54, 1.807) is 25.0 Å². The molecule has 7 heteroatoms. The number of carbonyl (C=O) groups excluding carboxylic acids is 1. The van der Waals surface area contributed by atoms with Gasteiger partial charge in [0.25, 0.3) is 0 Å². The number of nitriles is 1. The van der Waals surface area contributed by atoms with Crippen molar-refractivity contribution >= 4 is 11.6 Å². The fourth-order valence-corrected chi connectivity index (χ4v) is 4.12. The van der Waals surface area contributed by atoms with Gasteiger partial charge in [-0.2, -0.15) is 10.4 Å². The minimum absolute atomic E-state index is 0.0845. The van der Waals surface area contributed by atoms with Gasteiger partial charge in [0.2, 0.25) is 0 Å². The predicted molar refractivity (Wildman–Crippen MR) is 103 cm³/mol. The number of methoxy groups -OCH3 is 2. The van der Waals surface area contributed by atoms with Crippen LogP contribution in [0, 0.1) is 16.7 Å². The Hall–Kier alpha value is -3.27. The van der Waals surface area contributed by atoms with E-state index in [2.05, 4.69) is 30.3 Å². The Morgan fingerprint density at radius 1 is 1.29 bits per heavy atom. The summed E-state index contributed by atoms with van der Waals surface area (Å²) in [4.78, 5) is 13.2. The summed E-state index contributed by atoms with van der Waals surface area (Å²) in [5, 5.41) is 17.2. The molecule has 0 saturated heterocycles. The van der Waals surface area contributed by atoms with Crippen LogP contribution in [0.1, 0.15) is 43.9 Å². The largest absolute Gasteiger partial charge is 0.497 e. The van der Waals surface area contributed by atoms with Gasteiger partial charge in [-0.25, -0.2) is 4.68 Å². The Kier molecular flexibility index (Phi) is 4.15. The molecule has 2 aromatic rings. The second-order valence-corrected chi connectivity index (χ2v) is 7.93. The van der Waals surface area contributed by atoms with Crippen molar-refractivity contribution in [2.24, 2.45) is 5.41 Å². The average molecular weight is 378 g/mol. The van der Waals surface area contributed by atoms with Crippen molar-refractivity contribution in [3.05, 3.63) is 46.8 Å². The second kappa shape index (κ2) is 6.41. The van der Waals surface area contributed by atoms with Gasteiger partial charge < -0.3 is 14.8 Å². The molecule has 1 aliphatic heterocycles. The topological polar surface area (TPSA) is 89.2 Å². The lowest BCUT2D eigenvalue weighted by atomic mass is 9.73. The Morgan fingerprint density at radius 3 is 2.75 bits per heavy atom. The fourth-order valence-electron chi connectivity index (χ4n) is 4.12. The van der Waals surface area contributed by atoms with Crippen LogP contribution >= 0.6 is 0 Å². The molecule has 2 heterocycles. The molecule has 1 aliphatic carbocycles. The zero-order chi connectivity index (χ0) is 20.1. The maximum Gasteiger partial charge on any atom is 0.163 e. The summed E-state index contributed by atoms with van der Waals surface area (Å²) in [5.41, 5.74) is 2.64. The van der Waals surface area contributed by atoms with Gasteiger partial charge in [-0.1, -0.05) is 13.8 Å². The van der Waals surface area contributed by atoms with Crippen molar-refractivity contribution in [3.63, 3.8) is 0 Å². The molecule has 1 atom stereocenters. The van der Waals surface area contributed by atoms with Crippen LogP contribution in [-0.4, -0.2) is 29.8 Å². The number of fused-ring (bicyclic) bond motifs is 1. The molecule has 4 rings (SSSR count). The smallest absolute Gasteiger partial charge is 0.163 e. The lowest BCUT2D eigenvalue weighted by molar-refractivity contribution is -0.118. The SMILES string of the molecule is COc1ccc([C@H]2C3=C(CC(C)(C)CC3=O)Nc3c(C#N)cnn32)c(OC)c1. The van der Waals surface area contributed by atoms with Crippen LogP contribution in [0.15, 0.2) is 35.7 Å². The van der Waals surface area contributed by atoms with Crippen molar-refractivity contribution in [1.82, 2.24) is 9.78 Å². The van der Waals surface area contributed by atoms with Gasteiger partial charge in [0.15, 0.2) is 5.78 Å². The number of ketones is 1. The zero-order valence-electron chi connectivity index (χ0n) is 16.4. The predicted octanol–water partition coefficient (Wildman–Crippen LogP) is 3.43. The summed E-state index contributed by atoms with van der Waals surface area (Å²) >= 11 is 0. The number of carbonyl (C=O) groups is 1. The van der Waals surface area contributed by atoms with E-state index < -0.39 is 6.04 Å². The van der Waals surface area contributed by atoms with Crippen LogP contribution < -0.4 is 14.8 Å². The molecule has 0 radical (unpaired) electrons. The first-order valence-electron chi connectivity index (χ1n) is 9.11. The molecule has 144 valence electrons. The minimum atomic E-state index is -0.460. The van der Waals surface area contributed by atoms with Crippen molar-refractivity contribution < 1.29 is 14.3 Å². The first kappa shape index (κ1) is 18.1. The monoisotopic (exact) mass is 378 g/mol. The molecular weight excluding hydrogens is 356 g/mol. The molecule has 0 saturated carbocycles. The van der Waals surface area contributed by atoms with Gasteiger partial charge in [-0.05, 0) is 24.0 Å². The lowest BCUT2D eigenvalue weighted by Crippen LogP contribution is -2.36. The van der Waals surface area contributed by atoms with E-state index in [-0.39, 0.29) is 11.2 Å².